The van der Waals surface area contributed by atoms with Crippen LogP contribution in [0.2, 0.25) is 0 Å². The zero-order chi connectivity index (χ0) is 22.1. The maximum atomic E-state index is 13.3. The lowest BCUT2D eigenvalue weighted by atomic mass is 9.80. The van der Waals surface area contributed by atoms with E-state index in [1.807, 2.05) is 13.8 Å². The Hall–Kier alpha value is -2.69. The maximum Gasteiger partial charge on any atom is 0.269 e. The molecule has 0 N–H and O–H groups in total. The second kappa shape index (κ2) is 7.97. The standard InChI is InChI=1S/C24H32N2O3/c1-16(2)22(27)25(18-10-12-19(13-11-18)26(28)29)21-15-17(23(3,4)5)9-14-20(21)24(6,7)8/h9-16H,1-8H3. The van der Waals surface area contributed by atoms with Crippen molar-refractivity contribution >= 4 is 23.0 Å². The highest BCUT2D eigenvalue weighted by Gasteiger charge is 2.29. The second-order valence-corrected chi connectivity index (χ2v) is 9.83. The van der Waals surface area contributed by atoms with Crippen molar-refractivity contribution in [1.82, 2.24) is 0 Å². The zero-order valence-corrected chi connectivity index (χ0v) is 18.7. The van der Waals surface area contributed by atoms with Gasteiger partial charge in [0.25, 0.3) is 5.69 Å². The van der Waals surface area contributed by atoms with Gasteiger partial charge >= 0.3 is 0 Å². The summed E-state index contributed by atoms with van der Waals surface area (Å²) < 4.78 is 0. The van der Waals surface area contributed by atoms with Crippen LogP contribution in [0.3, 0.4) is 0 Å². The number of hydrogen-bond donors (Lipinski definition) is 0. The molecule has 5 nitrogen and oxygen atoms in total. The van der Waals surface area contributed by atoms with Crippen LogP contribution < -0.4 is 4.90 Å². The molecule has 2 aromatic rings. The largest absolute Gasteiger partial charge is 0.281 e. The number of carbonyl (C=O) groups excluding carboxylic acids is 1. The lowest BCUT2D eigenvalue weighted by molar-refractivity contribution is -0.384. The van der Waals surface area contributed by atoms with Gasteiger partial charge in [-0.3, -0.25) is 19.8 Å². The molecule has 29 heavy (non-hydrogen) atoms. The van der Waals surface area contributed by atoms with E-state index in [0.717, 1.165) is 16.8 Å². The van der Waals surface area contributed by atoms with Gasteiger partial charge in [-0.1, -0.05) is 67.5 Å². The molecule has 0 atom stereocenters. The first-order chi connectivity index (χ1) is 13.2. The van der Waals surface area contributed by atoms with Gasteiger partial charge in [0.2, 0.25) is 5.91 Å². The number of nitro groups is 1. The minimum Gasteiger partial charge on any atom is -0.281 e. The van der Waals surface area contributed by atoms with Gasteiger partial charge in [0, 0.05) is 23.7 Å². The van der Waals surface area contributed by atoms with E-state index in [2.05, 4.69) is 59.7 Å². The maximum absolute atomic E-state index is 13.3. The quantitative estimate of drug-likeness (QED) is 0.437. The fraction of sp³-hybridized carbons (Fsp3) is 0.458. The van der Waals surface area contributed by atoms with Crippen molar-refractivity contribution in [3.8, 4) is 0 Å². The second-order valence-electron chi connectivity index (χ2n) is 9.83. The van der Waals surface area contributed by atoms with E-state index in [1.54, 1.807) is 17.0 Å². The zero-order valence-electron chi connectivity index (χ0n) is 18.7. The van der Waals surface area contributed by atoms with Crippen molar-refractivity contribution in [3.05, 3.63) is 63.7 Å². The third kappa shape index (κ3) is 5.03. The van der Waals surface area contributed by atoms with Crippen LogP contribution >= 0.6 is 0 Å². The summed E-state index contributed by atoms with van der Waals surface area (Å²) in [6.07, 6.45) is 0. The minimum absolute atomic E-state index is 0.00480. The minimum atomic E-state index is -0.431. The number of rotatable bonds is 4. The molecule has 5 heteroatoms. The summed E-state index contributed by atoms with van der Waals surface area (Å²) in [5, 5.41) is 11.1. The van der Waals surface area contributed by atoms with Gasteiger partial charge in [0.15, 0.2) is 0 Å². The molecule has 0 unspecified atom stereocenters. The van der Waals surface area contributed by atoms with Gasteiger partial charge in [-0.15, -0.1) is 0 Å². The van der Waals surface area contributed by atoms with E-state index in [9.17, 15) is 14.9 Å². The highest BCUT2D eigenvalue weighted by molar-refractivity contribution is 6.02. The van der Waals surface area contributed by atoms with Crippen LogP contribution in [0.25, 0.3) is 0 Å². The number of non-ortho nitro benzene ring substituents is 1. The average Bonchev–Trinajstić information content (AvgIpc) is 2.60. The molecule has 0 heterocycles. The normalized spacial score (nSPS) is 12.2. The summed E-state index contributed by atoms with van der Waals surface area (Å²) >= 11 is 0. The molecule has 0 spiro atoms. The smallest absolute Gasteiger partial charge is 0.269 e. The molecule has 0 aliphatic rings. The lowest BCUT2D eigenvalue weighted by Gasteiger charge is -2.33. The van der Waals surface area contributed by atoms with Crippen molar-refractivity contribution < 1.29 is 9.72 Å². The predicted molar refractivity (Wildman–Crippen MR) is 119 cm³/mol. The molecular formula is C24H32N2O3. The number of carbonyl (C=O) groups is 1. The molecule has 1 amide bonds. The lowest BCUT2D eigenvalue weighted by Crippen LogP contribution is -2.32. The van der Waals surface area contributed by atoms with Crippen molar-refractivity contribution in [2.45, 2.75) is 66.2 Å². The fourth-order valence-corrected chi connectivity index (χ4v) is 3.18. The molecule has 0 radical (unpaired) electrons. The van der Waals surface area contributed by atoms with Gasteiger partial charge < -0.3 is 0 Å². The topological polar surface area (TPSA) is 63.5 Å². The van der Waals surface area contributed by atoms with Crippen LogP contribution in [-0.2, 0) is 15.6 Å². The Morgan fingerprint density at radius 1 is 0.931 bits per heavy atom. The van der Waals surface area contributed by atoms with Gasteiger partial charge in [0.1, 0.15) is 0 Å². The van der Waals surface area contributed by atoms with Crippen molar-refractivity contribution in [2.24, 2.45) is 5.92 Å². The van der Waals surface area contributed by atoms with Gasteiger partial charge in [-0.2, -0.15) is 0 Å². The molecular weight excluding hydrogens is 364 g/mol. The Balaban J connectivity index is 2.78. The van der Waals surface area contributed by atoms with Crippen molar-refractivity contribution in [1.29, 1.82) is 0 Å². The van der Waals surface area contributed by atoms with E-state index >= 15 is 0 Å². The number of nitrogens with zero attached hydrogens (tertiary/aromatic N) is 2. The number of amides is 1. The first-order valence-corrected chi connectivity index (χ1v) is 9.97. The summed E-state index contributed by atoms with van der Waals surface area (Å²) in [7, 11) is 0. The molecule has 0 saturated heterocycles. The monoisotopic (exact) mass is 396 g/mol. The first kappa shape index (κ1) is 22.6. The molecule has 2 rings (SSSR count). The summed E-state index contributed by atoms with van der Waals surface area (Å²) in [5.41, 5.74) is 3.39. The van der Waals surface area contributed by atoms with Crippen LogP contribution in [0.4, 0.5) is 17.1 Å². The van der Waals surface area contributed by atoms with E-state index in [-0.39, 0.29) is 28.3 Å². The summed E-state index contributed by atoms with van der Waals surface area (Å²) in [6.45, 7) is 16.5. The Morgan fingerprint density at radius 2 is 1.48 bits per heavy atom. The third-order valence-electron chi connectivity index (χ3n) is 4.95. The van der Waals surface area contributed by atoms with Crippen LogP contribution in [0.5, 0.6) is 0 Å². The molecule has 156 valence electrons. The Labute approximate surface area is 173 Å². The molecule has 0 aliphatic carbocycles. The van der Waals surface area contributed by atoms with E-state index in [4.69, 9.17) is 0 Å². The molecule has 0 aromatic heterocycles. The Bertz CT molecular complexity index is 901. The van der Waals surface area contributed by atoms with Crippen molar-refractivity contribution in [3.63, 3.8) is 0 Å². The Morgan fingerprint density at radius 3 is 1.90 bits per heavy atom. The number of anilines is 2. The predicted octanol–water partition coefficient (Wildman–Crippen LogP) is 6.51. The third-order valence-corrected chi connectivity index (χ3v) is 4.95. The van der Waals surface area contributed by atoms with Gasteiger partial charge in [0.05, 0.1) is 10.6 Å². The summed E-state index contributed by atoms with van der Waals surface area (Å²) in [6, 6.07) is 12.5. The van der Waals surface area contributed by atoms with Crippen molar-refractivity contribution in [2.75, 3.05) is 4.90 Å². The number of nitro benzene ring substituents is 1. The van der Waals surface area contributed by atoms with Crippen LogP contribution in [0.1, 0.15) is 66.5 Å². The Kier molecular flexibility index (Phi) is 6.21. The summed E-state index contributed by atoms with van der Waals surface area (Å²) in [4.78, 5) is 25.6. The number of benzene rings is 2. The number of hydrogen-bond acceptors (Lipinski definition) is 3. The molecule has 0 fully saturated rings. The van der Waals surface area contributed by atoms with Gasteiger partial charge in [-0.05, 0) is 40.2 Å². The first-order valence-electron chi connectivity index (χ1n) is 9.97. The van der Waals surface area contributed by atoms with E-state index < -0.39 is 4.92 Å². The SMILES string of the molecule is CC(C)C(=O)N(c1ccc([N+](=O)[O-])cc1)c1cc(C(C)(C)C)ccc1C(C)(C)C. The van der Waals surface area contributed by atoms with Crippen LogP contribution in [0.15, 0.2) is 42.5 Å². The average molecular weight is 397 g/mol. The summed E-state index contributed by atoms with van der Waals surface area (Å²) in [5.74, 6) is -0.272. The highest BCUT2D eigenvalue weighted by Crippen LogP contribution is 2.40. The molecule has 0 aliphatic heterocycles. The van der Waals surface area contributed by atoms with E-state index in [0.29, 0.717) is 5.69 Å². The molecule has 2 aromatic carbocycles. The van der Waals surface area contributed by atoms with E-state index in [1.165, 1.54) is 12.1 Å². The van der Waals surface area contributed by atoms with Crippen LogP contribution in [-0.4, -0.2) is 10.8 Å². The molecule has 0 saturated carbocycles. The fourth-order valence-electron chi connectivity index (χ4n) is 3.18. The van der Waals surface area contributed by atoms with Gasteiger partial charge in [-0.25, -0.2) is 0 Å². The van der Waals surface area contributed by atoms with Crippen LogP contribution in [0, 0.1) is 16.0 Å². The molecule has 0 bridgehead atoms. The highest BCUT2D eigenvalue weighted by atomic mass is 16.6.